The van der Waals surface area contributed by atoms with Crippen LogP contribution in [0, 0.1) is 0 Å². The highest BCUT2D eigenvalue weighted by Gasteiger charge is 2.27. The quantitative estimate of drug-likeness (QED) is 0.569. The maximum atomic E-state index is 12.5. The molecule has 1 heterocycles. The molecule has 0 aromatic carbocycles. The van der Waals surface area contributed by atoms with Gasteiger partial charge < -0.3 is 4.74 Å². The van der Waals surface area contributed by atoms with Gasteiger partial charge in [0.25, 0.3) is 6.43 Å². The molecule has 1 saturated heterocycles. The maximum Gasteiger partial charge on any atom is 0.282 e. The average molecular weight is 169 g/mol. The Balaban J connectivity index is 2.32. The molecule has 0 saturated carbocycles. The third kappa shape index (κ3) is 2.34. The second-order valence-corrected chi connectivity index (χ2v) is 2.36. The monoisotopic (exact) mass is 169 g/mol. The van der Waals surface area contributed by atoms with E-state index in [-0.39, 0.29) is 13.1 Å². The summed E-state index contributed by atoms with van der Waals surface area (Å²) in [6.07, 6.45) is -5.04. The number of alkyl halides is 3. The van der Waals surface area contributed by atoms with E-state index in [0.29, 0.717) is 13.2 Å². The molecule has 1 rings (SSSR count). The number of hydrogen-bond acceptors (Lipinski definition) is 2. The van der Waals surface area contributed by atoms with Crippen LogP contribution in [-0.2, 0) is 4.74 Å². The lowest BCUT2D eigenvalue weighted by Crippen LogP contribution is -2.44. The molecule has 66 valence electrons. The largest absolute Gasteiger partial charge is 0.379 e. The van der Waals surface area contributed by atoms with Gasteiger partial charge in [0, 0.05) is 13.1 Å². The smallest absolute Gasteiger partial charge is 0.282 e. The van der Waals surface area contributed by atoms with Gasteiger partial charge in [0.2, 0.25) is 6.30 Å². The maximum absolute atomic E-state index is 12.5. The summed E-state index contributed by atoms with van der Waals surface area (Å²) >= 11 is 0. The Morgan fingerprint density at radius 1 is 1.09 bits per heavy atom. The molecule has 1 atom stereocenters. The summed E-state index contributed by atoms with van der Waals surface area (Å²) in [6.45, 7) is 1.19. The van der Waals surface area contributed by atoms with E-state index in [2.05, 4.69) is 0 Å². The standard InChI is InChI=1S/C6H10F3NO/c7-5(8)6(9)10-1-3-11-4-2-10/h5-6H,1-4H2/t6-/m0/s1. The van der Waals surface area contributed by atoms with Crippen molar-refractivity contribution in [3.8, 4) is 0 Å². The van der Waals surface area contributed by atoms with Crippen LogP contribution in [0.5, 0.6) is 0 Å². The van der Waals surface area contributed by atoms with Gasteiger partial charge in [-0.3, -0.25) is 4.90 Å². The van der Waals surface area contributed by atoms with Crippen LogP contribution in [0.1, 0.15) is 0 Å². The molecule has 1 aliphatic rings. The van der Waals surface area contributed by atoms with Gasteiger partial charge in [-0.1, -0.05) is 0 Å². The molecule has 0 bridgehead atoms. The van der Waals surface area contributed by atoms with Gasteiger partial charge in [-0.15, -0.1) is 0 Å². The van der Waals surface area contributed by atoms with Gasteiger partial charge in [0.15, 0.2) is 0 Å². The van der Waals surface area contributed by atoms with E-state index in [0.717, 1.165) is 4.90 Å². The Labute approximate surface area is 62.9 Å². The van der Waals surface area contributed by atoms with Crippen LogP contribution in [0.25, 0.3) is 0 Å². The highest BCUT2D eigenvalue weighted by Crippen LogP contribution is 2.12. The minimum atomic E-state index is -2.91. The highest BCUT2D eigenvalue weighted by molar-refractivity contribution is 4.66. The molecule has 0 amide bonds. The summed E-state index contributed by atoms with van der Waals surface area (Å²) in [5.74, 6) is 0. The van der Waals surface area contributed by atoms with E-state index in [9.17, 15) is 13.2 Å². The van der Waals surface area contributed by atoms with Crippen LogP contribution >= 0.6 is 0 Å². The zero-order chi connectivity index (χ0) is 8.27. The molecule has 1 aliphatic heterocycles. The number of rotatable bonds is 2. The predicted octanol–water partition coefficient (Wildman–Crippen LogP) is 0.879. The molecular weight excluding hydrogens is 159 g/mol. The fraction of sp³-hybridized carbons (Fsp3) is 1.00. The van der Waals surface area contributed by atoms with Crippen molar-refractivity contribution in [2.75, 3.05) is 26.3 Å². The number of morpholine rings is 1. The summed E-state index contributed by atoms with van der Waals surface area (Å²) in [5, 5.41) is 0. The van der Waals surface area contributed by atoms with E-state index >= 15 is 0 Å². The lowest BCUT2D eigenvalue weighted by molar-refractivity contribution is -0.0856. The lowest BCUT2D eigenvalue weighted by atomic mass is 10.4. The van der Waals surface area contributed by atoms with Gasteiger partial charge in [-0.05, 0) is 0 Å². The van der Waals surface area contributed by atoms with Crippen LogP contribution < -0.4 is 0 Å². The summed E-state index contributed by atoms with van der Waals surface area (Å²) in [4.78, 5) is 1.09. The van der Waals surface area contributed by atoms with Gasteiger partial charge in [0.05, 0.1) is 13.2 Å². The topological polar surface area (TPSA) is 12.5 Å². The van der Waals surface area contributed by atoms with Crippen molar-refractivity contribution in [2.45, 2.75) is 12.7 Å². The van der Waals surface area contributed by atoms with E-state index in [1.54, 1.807) is 0 Å². The minimum Gasteiger partial charge on any atom is -0.379 e. The molecule has 11 heavy (non-hydrogen) atoms. The first-order valence-electron chi connectivity index (χ1n) is 3.46. The lowest BCUT2D eigenvalue weighted by Gasteiger charge is -2.28. The third-order valence-electron chi connectivity index (χ3n) is 1.60. The second kappa shape index (κ2) is 3.92. The van der Waals surface area contributed by atoms with Crippen molar-refractivity contribution >= 4 is 0 Å². The number of ether oxygens (including phenoxy) is 1. The molecule has 1 fully saturated rings. The average Bonchev–Trinajstić information content (AvgIpc) is 2.05. The Morgan fingerprint density at radius 3 is 2.09 bits per heavy atom. The zero-order valence-electron chi connectivity index (χ0n) is 5.97. The third-order valence-corrected chi connectivity index (χ3v) is 1.60. The van der Waals surface area contributed by atoms with Crippen LogP contribution in [0.3, 0.4) is 0 Å². The molecule has 0 spiro atoms. The van der Waals surface area contributed by atoms with Gasteiger partial charge in [-0.25, -0.2) is 13.2 Å². The Hall–Kier alpha value is -0.290. The Morgan fingerprint density at radius 2 is 1.64 bits per heavy atom. The van der Waals surface area contributed by atoms with E-state index in [1.165, 1.54) is 0 Å². The fourth-order valence-corrected chi connectivity index (χ4v) is 0.983. The molecule has 0 N–H and O–H groups in total. The Bertz CT molecular complexity index is 116. The zero-order valence-corrected chi connectivity index (χ0v) is 5.97. The first-order chi connectivity index (χ1) is 5.22. The second-order valence-electron chi connectivity index (χ2n) is 2.36. The Kier molecular flexibility index (Phi) is 3.14. The van der Waals surface area contributed by atoms with E-state index < -0.39 is 12.7 Å². The van der Waals surface area contributed by atoms with E-state index in [4.69, 9.17) is 4.74 Å². The first-order valence-corrected chi connectivity index (χ1v) is 3.46. The van der Waals surface area contributed by atoms with Crippen LogP contribution in [0.15, 0.2) is 0 Å². The molecule has 0 unspecified atom stereocenters. The number of hydrogen-bond donors (Lipinski definition) is 0. The van der Waals surface area contributed by atoms with Crippen molar-refractivity contribution < 1.29 is 17.9 Å². The van der Waals surface area contributed by atoms with Crippen molar-refractivity contribution in [3.05, 3.63) is 0 Å². The van der Waals surface area contributed by atoms with Gasteiger partial charge in [-0.2, -0.15) is 0 Å². The van der Waals surface area contributed by atoms with Crippen molar-refractivity contribution in [2.24, 2.45) is 0 Å². The van der Waals surface area contributed by atoms with Crippen molar-refractivity contribution in [1.82, 2.24) is 4.90 Å². The summed E-state index contributed by atoms with van der Waals surface area (Å²) in [6, 6.07) is 0. The molecule has 0 aromatic heterocycles. The highest BCUT2D eigenvalue weighted by atomic mass is 19.3. The normalized spacial score (nSPS) is 24.0. The van der Waals surface area contributed by atoms with E-state index in [1.807, 2.05) is 0 Å². The minimum absolute atomic E-state index is 0.255. The summed E-state index contributed by atoms with van der Waals surface area (Å²) < 4.78 is 40.9. The molecule has 0 radical (unpaired) electrons. The fourth-order valence-electron chi connectivity index (χ4n) is 0.983. The van der Waals surface area contributed by atoms with Crippen LogP contribution in [0.4, 0.5) is 13.2 Å². The SMILES string of the molecule is FC(F)[C@@H](F)N1CCOCC1. The van der Waals surface area contributed by atoms with Crippen molar-refractivity contribution in [1.29, 1.82) is 0 Å². The van der Waals surface area contributed by atoms with Crippen LogP contribution in [-0.4, -0.2) is 43.9 Å². The molecule has 0 aromatic rings. The molecule has 0 aliphatic carbocycles. The van der Waals surface area contributed by atoms with Crippen LogP contribution in [0.2, 0.25) is 0 Å². The molecule has 5 heteroatoms. The number of nitrogens with zero attached hydrogens (tertiary/aromatic N) is 1. The molecule has 2 nitrogen and oxygen atoms in total. The summed E-state index contributed by atoms with van der Waals surface area (Å²) in [7, 11) is 0. The first kappa shape index (κ1) is 8.80. The molecular formula is C6H10F3NO. The van der Waals surface area contributed by atoms with Gasteiger partial charge >= 0.3 is 0 Å². The summed E-state index contributed by atoms with van der Waals surface area (Å²) in [5.41, 5.74) is 0. The number of halogens is 3. The van der Waals surface area contributed by atoms with Gasteiger partial charge in [0.1, 0.15) is 0 Å². The predicted molar refractivity (Wildman–Crippen MR) is 33.3 cm³/mol. The van der Waals surface area contributed by atoms with Crippen molar-refractivity contribution in [3.63, 3.8) is 0 Å².